The fraction of sp³-hybridized carbons (Fsp3) is 0.562. The Labute approximate surface area is 125 Å². The van der Waals surface area contributed by atoms with E-state index in [-0.39, 0.29) is 6.09 Å². The highest BCUT2D eigenvalue weighted by molar-refractivity contribution is 5.89. The van der Waals surface area contributed by atoms with Gasteiger partial charge in [-0.05, 0) is 50.7 Å². The lowest BCUT2D eigenvalue weighted by Crippen LogP contribution is -2.40. The molecule has 1 amide bonds. The number of carbonyl (C=O) groups is 1. The van der Waals surface area contributed by atoms with Crippen molar-refractivity contribution in [2.45, 2.75) is 25.4 Å². The SMILES string of the molecule is CN1CCC(NCc2ccc(N3CCOC3=O)cc2)CC1. The molecule has 0 unspecified atom stereocenters. The summed E-state index contributed by atoms with van der Waals surface area (Å²) in [5.41, 5.74) is 2.17. The van der Waals surface area contributed by atoms with Crippen molar-refractivity contribution < 1.29 is 9.53 Å². The van der Waals surface area contributed by atoms with Gasteiger partial charge in [-0.1, -0.05) is 12.1 Å². The van der Waals surface area contributed by atoms with Gasteiger partial charge in [0.25, 0.3) is 0 Å². The minimum absolute atomic E-state index is 0.243. The number of rotatable bonds is 4. The average molecular weight is 289 g/mol. The van der Waals surface area contributed by atoms with E-state index in [9.17, 15) is 4.79 Å². The first-order valence-corrected chi connectivity index (χ1v) is 7.67. The predicted molar refractivity (Wildman–Crippen MR) is 82.5 cm³/mol. The number of piperidine rings is 1. The topological polar surface area (TPSA) is 44.8 Å². The van der Waals surface area contributed by atoms with Gasteiger partial charge in [-0.2, -0.15) is 0 Å². The van der Waals surface area contributed by atoms with Crippen LogP contribution in [0.5, 0.6) is 0 Å². The Morgan fingerprint density at radius 2 is 1.90 bits per heavy atom. The standard InChI is InChI=1S/C16H23N3O2/c1-18-8-6-14(7-9-18)17-12-13-2-4-15(5-3-13)19-10-11-21-16(19)20/h2-5,14,17H,6-12H2,1H3. The van der Waals surface area contributed by atoms with Gasteiger partial charge in [0.05, 0.1) is 6.54 Å². The molecule has 5 nitrogen and oxygen atoms in total. The molecule has 0 aliphatic carbocycles. The van der Waals surface area contributed by atoms with E-state index in [4.69, 9.17) is 4.74 Å². The van der Waals surface area contributed by atoms with Gasteiger partial charge in [-0.25, -0.2) is 4.79 Å². The molecule has 0 saturated carbocycles. The molecule has 21 heavy (non-hydrogen) atoms. The number of carbonyl (C=O) groups excluding carboxylic acids is 1. The number of hydrogen-bond acceptors (Lipinski definition) is 4. The zero-order valence-corrected chi connectivity index (χ0v) is 12.5. The van der Waals surface area contributed by atoms with Crippen molar-refractivity contribution in [2.24, 2.45) is 0 Å². The van der Waals surface area contributed by atoms with Crippen LogP contribution in [0.25, 0.3) is 0 Å². The van der Waals surface area contributed by atoms with Crippen LogP contribution >= 0.6 is 0 Å². The molecule has 0 bridgehead atoms. The lowest BCUT2D eigenvalue weighted by molar-refractivity contribution is 0.181. The molecule has 2 heterocycles. The summed E-state index contributed by atoms with van der Waals surface area (Å²) in [5.74, 6) is 0. The van der Waals surface area contributed by atoms with Crippen LogP contribution in [-0.4, -0.2) is 50.3 Å². The normalized spacial score (nSPS) is 20.8. The van der Waals surface area contributed by atoms with E-state index in [1.807, 2.05) is 12.1 Å². The number of cyclic esters (lactones) is 1. The summed E-state index contributed by atoms with van der Waals surface area (Å²) in [6.07, 6.45) is 2.19. The summed E-state index contributed by atoms with van der Waals surface area (Å²) in [5, 5.41) is 3.62. The Bertz CT molecular complexity index is 481. The van der Waals surface area contributed by atoms with Gasteiger partial charge in [-0.3, -0.25) is 4.90 Å². The molecule has 1 N–H and O–H groups in total. The van der Waals surface area contributed by atoms with Gasteiger partial charge in [0.1, 0.15) is 6.61 Å². The van der Waals surface area contributed by atoms with Crippen molar-refractivity contribution in [1.29, 1.82) is 0 Å². The molecule has 0 atom stereocenters. The van der Waals surface area contributed by atoms with Gasteiger partial charge in [0.15, 0.2) is 0 Å². The van der Waals surface area contributed by atoms with Gasteiger partial charge >= 0.3 is 6.09 Å². The highest BCUT2D eigenvalue weighted by Gasteiger charge is 2.23. The molecule has 2 fully saturated rings. The average Bonchev–Trinajstić information content (AvgIpc) is 2.93. The number of nitrogens with one attached hydrogen (secondary N) is 1. The third kappa shape index (κ3) is 3.54. The predicted octanol–water partition coefficient (Wildman–Crippen LogP) is 1.83. The molecule has 0 aromatic heterocycles. The highest BCUT2D eigenvalue weighted by atomic mass is 16.6. The number of ether oxygens (including phenoxy) is 1. The summed E-state index contributed by atoms with van der Waals surface area (Å²) in [7, 11) is 2.18. The van der Waals surface area contributed by atoms with Crippen LogP contribution in [-0.2, 0) is 11.3 Å². The minimum Gasteiger partial charge on any atom is -0.447 e. The second kappa shape index (κ2) is 6.45. The van der Waals surface area contributed by atoms with E-state index in [1.54, 1.807) is 4.90 Å². The Morgan fingerprint density at radius 1 is 1.19 bits per heavy atom. The molecule has 1 aromatic rings. The number of hydrogen-bond donors (Lipinski definition) is 1. The van der Waals surface area contributed by atoms with E-state index in [1.165, 1.54) is 31.5 Å². The fourth-order valence-corrected chi connectivity index (χ4v) is 2.90. The van der Waals surface area contributed by atoms with Crippen LogP contribution in [0.4, 0.5) is 10.5 Å². The van der Waals surface area contributed by atoms with Gasteiger partial charge in [0, 0.05) is 18.3 Å². The lowest BCUT2D eigenvalue weighted by atomic mass is 10.1. The number of benzene rings is 1. The van der Waals surface area contributed by atoms with E-state index in [2.05, 4.69) is 29.4 Å². The number of likely N-dealkylation sites (tertiary alicyclic amines) is 1. The van der Waals surface area contributed by atoms with E-state index in [0.717, 1.165) is 12.2 Å². The molecule has 1 aromatic carbocycles. The molecule has 2 aliphatic heterocycles. The van der Waals surface area contributed by atoms with Crippen LogP contribution in [0.3, 0.4) is 0 Å². The Morgan fingerprint density at radius 3 is 2.52 bits per heavy atom. The van der Waals surface area contributed by atoms with Crippen molar-refractivity contribution in [1.82, 2.24) is 10.2 Å². The van der Waals surface area contributed by atoms with Crippen LogP contribution < -0.4 is 10.2 Å². The van der Waals surface area contributed by atoms with Crippen LogP contribution in [0.15, 0.2) is 24.3 Å². The third-order valence-electron chi connectivity index (χ3n) is 4.32. The maximum atomic E-state index is 11.5. The molecular weight excluding hydrogens is 266 g/mol. The maximum absolute atomic E-state index is 11.5. The van der Waals surface area contributed by atoms with Gasteiger partial charge < -0.3 is 15.0 Å². The first-order chi connectivity index (χ1) is 10.2. The second-order valence-electron chi connectivity index (χ2n) is 5.89. The summed E-state index contributed by atoms with van der Waals surface area (Å²) < 4.78 is 4.96. The zero-order valence-electron chi connectivity index (χ0n) is 12.5. The molecule has 114 valence electrons. The Kier molecular flexibility index (Phi) is 4.41. The molecule has 0 radical (unpaired) electrons. The Hall–Kier alpha value is -1.59. The second-order valence-corrected chi connectivity index (χ2v) is 5.89. The smallest absolute Gasteiger partial charge is 0.414 e. The summed E-state index contributed by atoms with van der Waals surface area (Å²) >= 11 is 0. The van der Waals surface area contributed by atoms with Gasteiger partial charge in [-0.15, -0.1) is 0 Å². The van der Waals surface area contributed by atoms with E-state index < -0.39 is 0 Å². The molecule has 0 spiro atoms. The van der Waals surface area contributed by atoms with Crippen molar-refractivity contribution in [2.75, 3.05) is 38.2 Å². The number of nitrogens with zero attached hydrogens (tertiary/aromatic N) is 2. The number of anilines is 1. The largest absolute Gasteiger partial charge is 0.447 e. The van der Waals surface area contributed by atoms with Crippen LogP contribution in [0.2, 0.25) is 0 Å². The molecular formula is C16H23N3O2. The van der Waals surface area contributed by atoms with Crippen molar-refractivity contribution >= 4 is 11.8 Å². The summed E-state index contributed by atoms with van der Waals surface area (Å²) in [6.45, 7) is 4.37. The summed E-state index contributed by atoms with van der Waals surface area (Å²) in [6, 6.07) is 8.79. The molecule has 5 heteroatoms. The van der Waals surface area contributed by atoms with Gasteiger partial charge in [0.2, 0.25) is 0 Å². The molecule has 2 saturated heterocycles. The minimum atomic E-state index is -0.243. The first kappa shape index (κ1) is 14.4. The fourth-order valence-electron chi connectivity index (χ4n) is 2.90. The van der Waals surface area contributed by atoms with Crippen molar-refractivity contribution in [3.05, 3.63) is 29.8 Å². The Balaban J connectivity index is 1.51. The zero-order chi connectivity index (χ0) is 14.7. The third-order valence-corrected chi connectivity index (χ3v) is 4.32. The lowest BCUT2D eigenvalue weighted by Gasteiger charge is -2.29. The monoisotopic (exact) mass is 289 g/mol. The van der Waals surface area contributed by atoms with Crippen molar-refractivity contribution in [3.8, 4) is 0 Å². The number of amides is 1. The molecule has 2 aliphatic rings. The maximum Gasteiger partial charge on any atom is 0.414 e. The van der Waals surface area contributed by atoms with Crippen LogP contribution in [0, 0.1) is 0 Å². The van der Waals surface area contributed by atoms with E-state index in [0.29, 0.717) is 19.2 Å². The van der Waals surface area contributed by atoms with Crippen molar-refractivity contribution in [3.63, 3.8) is 0 Å². The highest BCUT2D eigenvalue weighted by Crippen LogP contribution is 2.19. The summed E-state index contributed by atoms with van der Waals surface area (Å²) in [4.78, 5) is 15.6. The van der Waals surface area contributed by atoms with Crippen LogP contribution in [0.1, 0.15) is 18.4 Å². The molecule has 3 rings (SSSR count). The quantitative estimate of drug-likeness (QED) is 0.918. The van der Waals surface area contributed by atoms with E-state index >= 15 is 0 Å². The first-order valence-electron chi connectivity index (χ1n) is 7.67.